The van der Waals surface area contributed by atoms with Gasteiger partial charge in [-0.3, -0.25) is 20.1 Å². The van der Waals surface area contributed by atoms with Crippen LogP contribution in [-0.2, 0) is 6.54 Å². The Morgan fingerprint density at radius 1 is 0.925 bits per heavy atom. The standard InChI is InChI=1S/C29H34N8O3/c1-19(2)25-17-27(35-40-25)32-29(39)30-23-10-8-21(9-11-23)24-16-26(34-33-24)31-28(38)22-6-4-20(5-7-22)18-37-14-12-36(3)13-15-37/h4-11,16-17,19H,12-15,18H2,1-3H3,(H2,30,32,35,39)(H2,31,33,34,38). The fourth-order valence-corrected chi connectivity index (χ4v) is 4.38. The van der Waals surface area contributed by atoms with E-state index in [1.54, 1.807) is 24.3 Å². The van der Waals surface area contributed by atoms with Gasteiger partial charge in [0.1, 0.15) is 5.76 Å². The van der Waals surface area contributed by atoms with Crippen LogP contribution in [0.5, 0.6) is 0 Å². The van der Waals surface area contributed by atoms with E-state index in [2.05, 4.69) is 48.2 Å². The van der Waals surface area contributed by atoms with Crippen LogP contribution in [0.15, 0.2) is 65.2 Å². The number of likely N-dealkylation sites (N-methyl/N-ethyl adjacent to an activating group) is 1. The Labute approximate surface area is 232 Å². The van der Waals surface area contributed by atoms with E-state index >= 15 is 0 Å². The quantitative estimate of drug-likeness (QED) is 0.251. The van der Waals surface area contributed by atoms with Gasteiger partial charge >= 0.3 is 6.03 Å². The molecule has 1 fully saturated rings. The van der Waals surface area contributed by atoms with Gasteiger partial charge in [0.15, 0.2) is 11.6 Å². The number of anilines is 3. The van der Waals surface area contributed by atoms with Crippen LogP contribution in [0, 0.1) is 0 Å². The molecule has 0 aliphatic carbocycles. The third-order valence-corrected chi connectivity index (χ3v) is 6.83. The van der Waals surface area contributed by atoms with Gasteiger partial charge in [-0.05, 0) is 42.4 Å². The number of benzene rings is 2. The van der Waals surface area contributed by atoms with Crippen molar-refractivity contribution in [3.63, 3.8) is 0 Å². The number of urea groups is 1. The number of carbonyl (C=O) groups is 2. The fraction of sp³-hybridized carbons (Fsp3) is 0.310. The van der Waals surface area contributed by atoms with E-state index in [-0.39, 0.29) is 11.8 Å². The highest BCUT2D eigenvalue weighted by Gasteiger charge is 2.15. The largest absolute Gasteiger partial charge is 0.359 e. The van der Waals surface area contributed by atoms with Crippen LogP contribution < -0.4 is 16.0 Å². The van der Waals surface area contributed by atoms with Gasteiger partial charge in [-0.1, -0.05) is 43.3 Å². The van der Waals surface area contributed by atoms with Gasteiger partial charge in [-0.2, -0.15) is 5.10 Å². The molecule has 1 aliphatic rings. The molecule has 2 aromatic heterocycles. The van der Waals surface area contributed by atoms with Crippen molar-refractivity contribution in [2.75, 3.05) is 49.2 Å². The average molecular weight is 543 g/mol. The second-order valence-corrected chi connectivity index (χ2v) is 10.3. The van der Waals surface area contributed by atoms with Crippen molar-refractivity contribution in [2.24, 2.45) is 0 Å². The van der Waals surface area contributed by atoms with Crippen molar-refractivity contribution < 1.29 is 14.1 Å². The number of aromatic nitrogens is 3. The molecule has 0 saturated carbocycles. The van der Waals surface area contributed by atoms with Crippen LogP contribution in [0.4, 0.5) is 22.1 Å². The molecule has 208 valence electrons. The van der Waals surface area contributed by atoms with Crippen molar-refractivity contribution >= 4 is 29.3 Å². The van der Waals surface area contributed by atoms with E-state index in [9.17, 15) is 9.59 Å². The highest BCUT2D eigenvalue weighted by atomic mass is 16.5. The Morgan fingerprint density at radius 3 is 2.33 bits per heavy atom. The smallest absolute Gasteiger partial charge is 0.324 e. The summed E-state index contributed by atoms with van der Waals surface area (Å²) in [5.74, 6) is 1.44. The Balaban J connectivity index is 1.12. The molecule has 11 heteroatoms. The summed E-state index contributed by atoms with van der Waals surface area (Å²) in [5.41, 5.74) is 3.96. The lowest BCUT2D eigenvalue weighted by atomic mass is 10.1. The first-order chi connectivity index (χ1) is 19.3. The first-order valence-corrected chi connectivity index (χ1v) is 13.3. The lowest BCUT2D eigenvalue weighted by Crippen LogP contribution is -2.43. The zero-order valence-corrected chi connectivity index (χ0v) is 22.9. The van der Waals surface area contributed by atoms with Gasteiger partial charge < -0.3 is 20.1 Å². The molecule has 3 heterocycles. The van der Waals surface area contributed by atoms with Crippen LogP contribution in [0.2, 0.25) is 0 Å². The predicted molar refractivity (Wildman–Crippen MR) is 154 cm³/mol. The average Bonchev–Trinajstić information content (AvgIpc) is 3.61. The summed E-state index contributed by atoms with van der Waals surface area (Å²) in [6, 6.07) is 18.0. The van der Waals surface area contributed by atoms with Crippen molar-refractivity contribution in [1.29, 1.82) is 0 Å². The predicted octanol–water partition coefficient (Wildman–Crippen LogP) is 4.83. The SMILES string of the molecule is CC(C)c1cc(NC(=O)Nc2ccc(-c3cc(NC(=O)c4ccc(CN5CCN(C)CC5)cc4)n[nH]3)cc2)no1. The molecule has 2 aromatic carbocycles. The number of aromatic amines is 1. The maximum Gasteiger partial charge on any atom is 0.324 e. The molecule has 1 saturated heterocycles. The lowest BCUT2D eigenvalue weighted by molar-refractivity contribution is 0.102. The van der Waals surface area contributed by atoms with Crippen LogP contribution in [0.3, 0.4) is 0 Å². The molecule has 4 aromatic rings. The molecular weight excluding hydrogens is 508 g/mol. The second kappa shape index (κ2) is 12.1. The zero-order valence-electron chi connectivity index (χ0n) is 22.9. The highest BCUT2D eigenvalue weighted by Crippen LogP contribution is 2.23. The number of hydrogen-bond donors (Lipinski definition) is 4. The van der Waals surface area contributed by atoms with Gasteiger partial charge in [0, 0.05) is 62.0 Å². The molecular formula is C29H34N8O3. The van der Waals surface area contributed by atoms with E-state index in [4.69, 9.17) is 4.52 Å². The van der Waals surface area contributed by atoms with Crippen molar-refractivity contribution in [2.45, 2.75) is 26.3 Å². The topological polar surface area (TPSA) is 131 Å². The summed E-state index contributed by atoms with van der Waals surface area (Å²) >= 11 is 0. The van der Waals surface area contributed by atoms with E-state index in [0.29, 0.717) is 28.6 Å². The molecule has 4 N–H and O–H groups in total. The molecule has 1 aliphatic heterocycles. The van der Waals surface area contributed by atoms with Crippen LogP contribution in [0.1, 0.15) is 41.4 Å². The first-order valence-electron chi connectivity index (χ1n) is 13.3. The minimum atomic E-state index is -0.421. The number of H-pyrrole nitrogens is 1. The van der Waals surface area contributed by atoms with Gasteiger partial charge in [0.05, 0.1) is 5.69 Å². The Bertz CT molecular complexity index is 1430. The molecule has 0 radical (unpaired) electrons. The highest BCUT2D eigenvalue weighted by molar-refractivity contribution is 6.04. The molecule has 0 unspecified atom stereocenters. The molecule has 40 heavy (non-hydrogen) atoms. The maximum atomic E-state index is 12.8. The summed E-state index contributed by atoms with van der Waals surface area (Å²) in [6.07, 6.45) is 0. The third kappa shape index (κ3) is 6.93. The first kappa shape index (κ1) is 27.1. The molecule has 5 rings (SSSR count). The van der Waals surface area contributed by atoms with Crippen molar-refractivity contribution in [3.05, 3.63) is 77.6 Å². The summed E-state index contributed by atoms with van der Waals surface area (Å²) in [4.78, 5) is 29.8. The minimum absolute atomic E-state index is 0.179. The number of hydrogen-bond acceptors (Lipinski definition) is 7. The third-order valence-electron chi connectivity index (χ3n) is 6.83. The summed E-state index contributed by atoms with van der Waals surface area (Å²) in [5, 5.41) is 19.3. The van der Waals surface area contributed by atoms with E-state index in [0.717, 1.165) is 44.0 Å². The minimum Gasteiger partial charge on any atom is -0.359 e. The van der Waals surface area contributed by atoms with Gasteiger partial charge in [0.2, 0.25) is 0 Å². The van der Waals surface area contributed by atoms with Crippen LogP contribution in [0.25, 0.3) is 11.3 Å². The van der Waals surface area contributed by atoms with Gasteiger partial charge in [-0.15, -0.1) is 0 Å². The fourth-order valence-electron chi connectivity index (χ4n) is 4.38. The molecule has 0 bridgehead atoms. The van der Waals surface area contributed by atoms with Crippen LogP contribution in [-0.4, -0.2) is 70.3 Å². The zero-order chi connectivity index (χ0) is 28.1. The molecule has 3 amide bonds. The Kier molecular flexibility index (Phi) is 8.23. The van der Waals surface area contributed by atoms with Crippen molar-refractivity contribution in [1.82, 2.24) is 25.2 Å². The van der Waals surface area contributed by atoms with Crippen molar-refractivity contribution in [3.8, 4) is 11.3 Å². The van der Waals surface area contributed by atoms with E-state index in [1.165, 1.54) is 5.56 Å². The summed E-state index contributed by atoms with van der Waals surface area (Å²) in [7, 11) is 2.15. The normalized spacial score (nSPS) is 14.3. The number of rotatable bonds is 8. The Morgan fingerprint density at radius 2 is 1.65 bits per heavy atom. The maximum absolute atomic E-state index is 12.8. The van der Waals surface area contributed by atoms with E-state index in [1.807, 2.05) is 50.2 Å². The number of carbonyl (C=O) groups excluding carboxylic acids is 2. The molecule has 11 nitrogen and oxygen atoms in total. The number of nitrogens with zero attached hydrogens (tertiary/aromatic N) is 4. The van der Waals surface area contributed by atoms with Gasteiger partial charge in [-0.25, -0.2) is 4.79 Å². The summed E-state index contributed by atoms with van der Waals surface area (Å²) < 4.78 is 5.20. The molecule has 0 atom stereocenters. The van der Waals surface area contributed by atoms with E-state index < -0.39 is 6.03 Å². The monoisotopic (exact) mass is 542 g/mol. The number of nitrogens with one attached hydrogen (secondary N) is 4. The summed E-state index contributed by atoms with van der Waals surface area (Å²) in [6.45, 7) is 9.12. The lowest BCUT2D eigenvalue weighted by Gasteiger charge is -2.32. The Hall–Kier alpha value is -4.48. The molecule has 0 spiro atoms. The van der Waals surface area contributed by atoms with Gasteiger partial charge in [0.25, 0.3) is 5.91 Å². The second-order valence-electron chi connectivity index (χ2n) is 10.3. The number of amides is 3. The van der Waals surface area contributed by atoms with Crippen LogP contribution >= 0.6 is 0 Å². The number of piperazine rings is 1.